The molecule has 31 heteroatoms. The smallest absolute Gasteiger partial charge is 0.337 e. The first-order valence-electron chi connectivity index (χ1n) is 30.8. The number of methoxy groups -OCH3 is 5. The van der Waals surface area contributed by atoms with Gasteiger partial charge >= 0.3 is 5.97 Å². The molecule has 0 fully saturated rings. The number of anilines is 4. The number of hydrogen-bond donors (Lipinski definition) is 4. The van der Waals surface area contributed by atoms with Gasteiger partial charge in [-0.3, -0.25) is 58.1 Å². The van der Waals surface area contributed by atoms with Gasteiger partial charge in [-0.25, -0.2) is 4.79 Å². The number of nitrogens with two attached hydrogens (primary N) is 1. The predicted molar refractivity (Wildman–Crippen MR) is 380 cm³/mol. The molecule has 0 atom stereocenters. The summed E-state index contributed by atoms with van der Waals surface area (Å²) in [7, 11) is 11.6. The molecule has 2 amide bonds. The Hall–Kier alpha value is -7.74. The van der Waals surface area contributed by atoms with Crippen molar-refractivity contribution in [1.82, 2.24) is 29.1 Å². The van der Waals surface area contributed by atoms with E-state index in [2.05, 4.69) is 79.8 Å². The van der Waals surface area contributed by atoms with Crippen LogP contribution in [0.4, 0.5) is 22.7 Å². The first kappa shape index (κ1) is 95.3. The van der Waals surface area contributed by atoms with E-state index in [1.54, 1.807) is 168 Å². The number of nitrogen functional groups attached to an aromatic ring is 1. The van der Waals surface area contributed by atoms with Crippen molar-refractivity contribution in [3.05, 3.63) is 270 Å². The van der Waals surface area contributed by atoms with E-state index in [0.717, 1.165) is 36.0 Å². The number of nitrogens with zero attached hydrogens (tertiary/aromatic N) is 7. The fourth-order valence-corrected chi connectivity index (χ4v) is 9.94. The number of aromatic carboxylic acids is 1. The number of rotatable bonds is 10. The maximum absolute atomic E-state index is 12.5. The molecule has 5 N–H and O–H groups in total. The molecule has 1 aliphatic rings. The van der Waals surface area contributed by atoms with E-state index >= 15 is 0 Å². The average Bonchev–Trinajstić information content (AvgIpc) is 0.764. The Labute approximate surface area is 742 Å². The minimum absolute atomic E-state index is 0. The molecule has 0 aliphatic carbocycles. The summed E-state index contributed by atoms with van der Waals surface area (Å²) in [6, 6.07) is 48.3. The predicted octanol–water partition coefficient (Wildman–Crippen LogP) is 9.57. The van der Waals surface area contributed by atoms with Crippen molar-refractivity contribution in [3.63, 3.8) is 0 Å². The topological polar surface area (TPSA) is 352 Å². The fourth-order valence-electron chi connectivity index (χ4n) is 9.94. The van der Waals surface area contributed by atoms with E-state index in [-0.39, 0.29) is 192 Å². The zero-order valence-electron chi connectivity index (χ0n) is 60.2. The third-order valence-corrected chi connectivity index (χ3v) is 15.3. The van der Waals surface area contributed by atoms with E-state index in [1.165, 1.54) is 75.3 Å². The quantitative estimate of drug-likeness (QED) is 0.0325. The summed E-state index contributed by atoms with van der Waals surface area (Å²) in [4.78, 5) is 134. The summed E-state index contributed by atoms with van der Waals surface area (Å²) < 4.78 is 26.2. The summed E-state index contributed by atoms with van der Waals surface area (Å²) >= 11 is 0. The number of aromatic nitrogens is 6. The molecule has 0 spiro atoms. The van der Waals surface area contributed by atoms with Crippen LogP contribution in [0, 0.1) is 51.1 Å². The largest absolute Gasteiger partial charge is 0.478 e. The van der Waals surface area contributed by atoms with Gasteiger partial charge in [0, 0.05) is 238 Å². The number of carboxylic acids is 1. The van der Waals surface area contributed by atoms with Crippen LogP contribution in [0.5, 0.6) is 0 Å². The SMILES string of the molecule is COC(=O)c1c[c-]c2c3c(c(=O)n(C)c2c1)CCCN3.COC(=O)c1c[c-]c2c3ncccc3c(=O)n(C)c2c1.COC(=O)c1c[c-]cc(N(C)C(=O)c2cccnc2C)c1.COC(=O)c1c[c-]cc(N)c1.COC(=O)c1c[c-]cc(NC(=O)c2cccnc2C)c1.Cc1ncccc1C(=O)O.[Y].[Y].[Y].[Y].[Y]. The first-order chi connectivity index (χ1) is 48.9. The van der Waals surface area contributed by atoms with Crippen LogP contribution in [0.25, 0.3) is 32.7 Å². The maximum atomic E-state index is 12.5. The van der Waals surface area contributed by atoms with Crippen LogP contribution in [-0.4, -0.2) is 131 Å². The van der Waals surface area contributed by atoms with Crippen molar-refractivity contribution < 1.29 is 231 Å². The Kier molecular flexibility index (Phi) is 41.5. The normalized spacial score (nSPS) is 10.2. The van der Waals surface area contributed by atoms with E-state index in [9.17, 15) is 47.9 Å². The molecule has 539 valence electrons. The molecule has 12 rings (SSSR count). The van der Waals surface area contributed by atoms with Gasteiger partial charge in [0.1, 0.15) is 0 Å². The second-order valence-corrected chi connectivity index (χ2v) is 21.8. The number of carboxylic acid groups (broad SMARTS) is 1. The number of nitrogens with one attached hydrogen (secondary N) is 2. The molecule has 1 aliphatic heterocycles. The van der Waals surface area contributed by atoms with Crippen LogP contribution in [0.3, 0.4) is 0 Å². The number of benzene rings is 5. The zero-order chi connectivity index (χ0) is 74.3. The molecule has 6 aromatic heterocycles. The number of esters is 5. The van der Waals surface area contributed by atoms with Gasteiger partial charge < -0.3 is 64.2 Å². The Bertz CT molecular complexity index is 5120. The van der Waals surface area contributed by atoms with Crippen LogP contribution in [-0.2, 0) is 208 Å². The molecule has 11 aromatic rings. The van der Waals surface area contributed by atoms with E-state index < -0.39 is 35.8 Å². The van der Waals surface area contributed by atoms with Crippen molar-refractivity contribution in [2.75, 3.05) is 70.4 Å². The third kappa shape index (κ3) is 25.4. The van der Waals surface area contributed by atoms with Crippen LogP contribution in [0.2, 0.25) is 0 Å². The van der Waals surface area contributed by atoms with Crippen LogP contribution in [0.15, 0.2) is 162 Å². The Balaban J connectivity index is 0.000000439. The molecule has 5 radical (unpaired) electrons. The Morgan fingerprint density at radius 1 is 0.533 bits per heavy atom. The van der Waals surface area contributed by atoms with Gasteiger partial charge in [0.25, 0.3) is 29.8 Å². The maximum Gasteiger partial charge on any atom is 0.337 e. The van der Waals surface area contributed by atoms with Crippen molar-refractivity contribution >= 4 is 103 Å². The van der Waals surface area contributed by atoms with E-state index in [4.69, 9.17) is 15.6 Å². The molecule has 26 nitrogen and oxygen atoms in total. The number of ether oxygens (including phenoxy) is 5. The molecule has 0 saturated carbocycles. The van der Waals surface area contributed by atoms with Gasteiger partial charge in [0.15, 0.2) is 0 Å². The molecule has 0 bridgehead atoms. The number of pyridine rings is 6. The Morgan fingerprint density at radius 2 is 0.963 bits per heavy atom. The van der Waals surface area contributed by atoms with Crippen molar-refractivity contribution in [2.24, 2.45) is 14.1 Å². The standard InChI is InChI=1S/C16H15N2O3.C15H15N2O3.C15H11N2O3.C15H13N2O3.C8H8NO2.C7H7NO2.5Y/c1-11-14(8-5-9-17-11)15(19)18(2)13-7-4-6-12(10-13)16(20)21-3;2*1-17-12-8-9(15(19)20-2)5-6-10(12)13-11(14(17)18)4-3-7-16-13;1-10-13(7-4-8-16-10)14(18)17-12-6-3-5-11(9-12)15(19)20-2;1-11-8(10)6-3-2-4-7(9)5-6;1-5-6(7(9)10)3-2-4-8-5;;;;;/h5-10H,1-3H3;5,8,16H,3-4,7H2,1-2H3;3-5,7-8H,1-2H3;4-9H,1-2H3,(H,17,18);3-5H,9H2,1H3;2-4H,1H3,(H,9,10);;;;;/q5*-1;;;;;;. The van der Waals surface area contributed by atoms with Crippen molar-refractivity contribution in [3.8, 4) is 0 Å². The van der Waals surface area contributed by atoms with Crippen molar-refractivity contribution in [2.45, 2.75) is 33.6 Å². The summed E-state index contributed by atoms with van der Waals surface area (Å²) in [5.74, 6) is -3.64. The number of hydrogen-bond acceptors (Lipinski definition) is 21. The summed E-state index contributed by atoms with van der Waals surface area (Å²) in [5.41, 5.74) is 15.3. The number of aryl methyl sites for hydroxylation is 5. The molecule has 7 heterocycles. The first-order valence-corrected chi connectivity index (χ1v) is 30.8. The number of amides is 2. The summed E-state index contributed by atoms with van der Waals surface area (Å²) in [5, 5.41) is 16.6. The summed E-state index contributed by atoms with van der Waals surface area (Å²) in [6.45, 7) is 6.05. The number of carbonyl (C=O) groups is 8. The third-order valence-electron chi connectivity index (χ3n) is 15.3. The van der Waals surface area contributed by atoms with E-state index in [0.29, 0.717) is 100 Å². The zero-order valence-corrected chi connectivity index (χ0v) is 74.4. The Morgan fingerprint density at radius 3 is 1.46 bits per heavy atom. The van der Waals surface area contributed by atoms with Gasteiger partial charge in [-0.15, -0.1) is 65.4 Å². The van der Waals surface area contributed by atoms with E-state index in [1.807, 2.05) is 0 Å². The molecule has 0 saturated heterocycles. The van der Waals surface area contributed by atoms with Crippen LogP contribution >= 0.6 is 0 Å². The second kappa shape index (κ2) is 46.6. The van der Waals surface area contributed by atoms with Crippen LogP contribution < -0.4 is 32.4 Å². The molecule has 5 aromatic carbocycles. The number of fused-ring (bicyclic) bond motifs is 6. The van der Waals surface area contributed by atoms with Gasteiger partial charge in [-0.2, -0.15) is 54.6 Å². The molecule has 0 unspecified atom stereocenters. The van der Waals surface area contributed by atoms with Gasteiger partial charge in [0.05, 0.1) is 57.9 Å². The minimum atomic E-state index is -0.925. The van der Waals surface area contributed by atoms with Gasteiger partial charge in [-0.1, -0.05) is 23.1 Å². The molecular formula is C76H69N10O16Y5-5. The van der Waals surface area contributed by atoms with Gasteiger partial charge in [-0.05, 0) is 126 Å². The fraction of sp³-hybridized carbons (Fsp3) is 0.184. The molecular weight excluding hydrogens is 1750 g/mol. The monoisotopic (exact) mass is 1820 g/mol. The minimum Gasteiger partial charge on any atom is -0.478 e. The summed E-state index contributed by atoms with van der Waals surface area (Å²) in [6.07, 6.45) is 8.19. The average molecular weight is 1820 g/mol. The molecule has 107 heavy (non-hydrogen) atoms. The van der Waals surface area contributed by atoms with Gasteiger partial charge in [0.2, 0.25) is 22.9 Å². The number of carbonyl (C=O) groups excluding carboxylic acids is 7. The van der Waals surface area contributed by atoms with Crippen molar-refractivity contribution in [1.29, 1.82) is 0 Å². The van der Waals surface area contributed by atoms with Crippen LogP contribution in [0.1, 0.15) is 112 Å². The second-order valence-electron chi connectivity index (χ2n) is 21.8.